The first kappa shape index (κ1) is 21.3. The molecule has 0 bridgehead atoms. The van der Waals surface area contributed by atoms with Crippen LogP contribution in [0.15, 0.2) is 24.3 Å². The highest BCUT2D eigenvalue weighted by Crippen LogP contribution is 2.49. The average molecular weight is 360 g/mol. The Labute approximate surface area is 162 Å². The van der Waals surface area contributed by atoms with E-state index in [0.29, 0.717) is 17.5 Å². The van der Waals surface area contributed by atoms with Crippen molar-refractivity contribution in [2.75, 3.05) is 7.11 Å². The van der Waals surface area contributed by atoms with Gasteiger partial charge in [0.2, 0.25) is 0 Å². The molecule has 0 saturated heterocycles. The molecule has 1 fully saturated rings. The van der Waals surface area contributed by atoms with Crippen molar-refractivity contribution in [1.82, 2.24) is 4.90 Å². The van der Waals surface area contributed by atoms with Gasteiger partial charge in [-0.1, -0.05) is 60.1 Å². The molecule has 26 heavy (non-hydrogen) atoms. The van der Waals surface area contributed by atoms with Gasteiger partial charge in [0.15, 0.2) is 0 Å². The molecule has 1 aliphatic rings. The molecule has 1 aromatic rings. The summed E-state index contributed by atoms with van der Waals surface area (Å²) in [7, 11) is 1.73. The number of rotatable bonds is 7. The highest BCUT2D eigenvalue weighted by molar-refractivity contribution is 5.27. The van der Waals surface area contributed by atoms with Crippen molar-refractivity contribution in [3.05, 3.63) is 29.8 Å². The van der Waals surface area contributed by atoms with Crippen LogP contribution in [0.4, 0.5) is 0 Å². The third kappa shape index (κ3) is 4.44. The Morgan fingerprint density at radius 3 is 2.31 bits per heavy atom. The highest BCUT2D eigenvalue weighted by Gasteiger charge is 2.45. The predicted molar refractivity (Wildman–Crippen MR) is 113 cm³/mol. The van der Waals surface area contributed by atoms with Crippen LogP contribution in [0.3, 0.4) is 0 Å². The minimum atomic E-state index is 0.426. The maximum absolute atomic E-state index is 5.33. The fraction of sp³-hybridized carbons (Fsp3) is 0.750. The Morgan fingerprint density at radius 2 is 1.77 bits per heavy atom. The molecule has 0 spiro atoms. The molecule has 2 nitrogen and oxygen atoms in total. The predicted octanol–water partition coefficient (Wildman–Crippen LogP) is 6.39. The molecule has 0 aliphatic heterocycles. The maximum atomic E-state index is 5.33. The van der Waals surface area contributed by atoms with Crippen LogP contribution in [-0.4, -0.2) is 24.1 Å². The normalized spacial score (nSPS) is 29.6. The second-order valence-corrected chi connectivity index (χ2v) is 9.33. The van der Waals surface area contributed by atoms with Crippen LogP contribution in [0.2, 0.25) is 0 Å². The van der Waals surface area contributed by atoms with E-state index < -0.39 is 0 Å². The van der Waals surface area contributed by atoms with Gasteiger partial charge in [0.1, 0.15) is 5.75 Å². The summed E-state index contributed by atoms with van der Waals surface area (Å²) < 4.78 is 5.33. The lowest BCUT2D eigenvalue weighted by Gasteiger charge is -2.53. The zero-order chi connectivity index (χ0) is 19.5. The van der Waals surface area contributed by atoms with E-state index in [2.05, 4.69) is 77.6 Å². The van der Waals surface area contributed by atoms with Gasteiger partial charge in [-0.05, 0) is 60.6 Å². The topological polar surface area (TPSA) is 12.5 Å². The molecule has 0 aromatic heterocycles. The zero-order valence-electron chi connectivity index (χ0n) is 18.4. The van der Waals surface area contributed by atoms with Crippen molar-refractivity contribution in [2.24, 2.45) is 23.2 Å². The fourth-order valence-corrected chi connectivity index (χ4v) is 4.90. The van der Waals surface area contributed by atoms with Gasteiger partial charge in [0.25, 0.3) is 0 Å². The van der Waals surface area contributed by atoms with E-state index in [1.165, 1.54) is 24.8 Å². The van der Waals surface area contributed by atoms with Gasteiger partial charge in [-0.25, -0.2) is 0 Å². The summed E-state index contributed by atoms with van der Waals surface area (Å²) in [5.41, 5.74) is 1.82. The second kappa shape index (κ2) is 8.78. The van der Waals surface area contributed by atoms with Crippen LogP contribution < -0.4 is 4.74 Å². The molecule has 0 N–H and O–H groups in total. The molecular formula is C24H41NO. The maximum Gasteiger partial charge on any atom is 0.118 e. The lowest BCUT2D eigenvalue weighted by molar-refractivity contribution is -0.0459. The summed E-state index contributed by atoms with van der Waals surface area (Å²) in [6, 6.07) is 9.93. The van der Waals surface area contributed by atoms with Crippen molar-refractivity contribution in [2.45, 2.75) is 86.4 Å². The molecule has 1 saturated carbocycles. The number of hydrogen-bond donors (Lipinski definition) is 0. The number of hydrogen-bond acceptors (Lipinski definition) is 2. The summed E-state index contributed by atoms with van der Waals surface area (Å²) in [4.78, 5) is 2.80. The van der Waals surface area contributed by atoms with Crippen molar-refractivity contribution in [3.63, 3.8) is 0 Å². The first-order valence-electron chi connectivity index (χ1n) is 10.6. The van der Waals surface area contributed by atoms with Gasteiger partial charge in [-0.2, -0.15) is 0 Å². The summed E-state index contributed by atoms with van der Waals surface area (Å²) in [5, 5.41) is 0. The van der Waals surface area contributed by atoms with Crippen molar-refractivity contribution < 1.29 is 4.74 Å². The van der Waals surface area contributed by atoms with E-state index in [4.69, 9.17) is 4.74 Å². The molecule has 0 amide bonds. The van der Waals surface area contributed by atoms with E-state index in [1.807, 2.05) is 0 Å². The SMILES string of the molecule is CCCC(C)N(Cc1ccc(OC)cc1)[C@@H]1C[C@H](C)C(C)(C)[C@H](C)[C@H]1C. The molecule has 148 valence electrons. The Bertz CT molecular complexity index is 550. The largest absolute Gasteiger partial charge is 0.497 e. The number of nitrogens with zero attached hydrogens (tertiary/aromatic N) is 1. The van der Waals surface area contributed by atoms with Crippen LogP contribution in [0, 0.1) is 23.2 Å². The minimum absolute atomic E-state index is 0.426. The first-order chi connectivity index (χ1) is 12.2. The van der Waals surface area contributed by atoms with Crippen LogP contribution in [0.1, 0.15) is 73.3 Å². The molecule has 0 heterocycles. The van der Waals surface area contributed by atoms with Crippen LogP contribution >= 0.6 is 0 Å². The second-order valence-electron chi connectivity index (χ2n) is 9.33. The van der Waals surface area contributed by atoms with Gasteiger partial charge >= 0.3 is 0 Å². The molecule has 0 radical (unpaired) electrons. The lowest BCUT2D eigenvalue weighted by atomic mass is 9.58. The van der Waals surface area contributed by atoms with Gasteiger partial charge < -0.3 is 4.74 Å². The monoisotopic (exact) mass is 359 g/mol. The third-order valence-corrected chi connectivity index (χ3v) is 7.66. The van der Waals surface area contributed by atoms with Crippen LogP contribution in [0.5, 0.6) is 5.75 Å². The van der Waals surface area contributed by atoms with Crippen LogP contribution in [0.25, 0.3) is 0 Å². The molecule has 1 aliphatic carbocycles. The lowest BCUT2D eigenvalue weighted by Crippen LogP contribution is -2.54. The third-order valence-electron chi connectivity index (χ3n) is 7.66. The van der Waals surface area contributed by atoms with Crippen molar-refractivity contribution in [1.29, 1.82) is 0 Å². The standard InChI is InChI=1S/C24H41NO/c1-9-10-18(3)25(16-21-11-13-22(26-8)14-12-21)23-15-17(2)24(6,7)20(5)19(23)4/h11-14,17-20,23H,9-10,15-16H2,1-8H3/t17-,18?,19+,20+,23+/m0/s1. The Hall–Kier alpha value is -1.02. The van der Waals surface area contributed by atoms with E-state index in [9.17, 15) is 0 Å². The smallest absolute Gasteiger partial charge is 0.118 e. The van der Waals surface area contributed by atoms with E-state index in [0.717, 1.165) is 30.0 Å². The van der Waals surface area contributed by atoms with Crippen LogP contribution in [-0.2, 0) is 6.54 Å². The molecule has 1 unspecified atom stereocenters. The Balaban J connectivity index is 2.25. The molecule has 2 heteroatoms. The number of benzene rings is 1. The number of methoxy groups -OCH3 is 1. The minimum Gasteiger partial charge on any atom is -0.497 e. The molecule has 1 aromatic carbocycles. The molecule has 2 rings (SSSR count). The van der Waals surface area contributed by atoms with Crippen molar-refractivity contribution in [3.8, 4) is 5.75 Å². The average Bonchev–Trinajstić information content (AvgIpc) is 2.62. The summed E-state index contributed by atoms with van der Waals surface area (Å²) >= 11 is 0. The Morgan fingerprint density at radius 1 is 1.15 bits per heavy atom. The van der Waals surface area contributed by atoms with Crippen molar-refractivity contribution >= 4 is 0 Å². The van der Waals surface area contributed by atoms with Gasteiger partial charge in [-0.15, -0.1) is 0 Å². The van der Waals surface area contributed by atoms with E-state index in [-0.39, 0.29) is 0 Å². The molecule has 5 atom stereocenters. The van der Waals surface area contributed by atoms with Gasteiger partial charge in [0.05, 0.1) is 7.11 Å². The summed E-state index contributed by atoms with van der Waals surface area (Å²) in [6.45, 7) is 18.1. The fourth-order valence-electron chi connectivity index (χ4n) is 4.90. The van der Waals surface area contributed by atoms with E-state index in [1.54, 1.807) is 7.11 Å². The summed E-state index contributed by atoms with van der Waals surface area (Å²) in [5.74, 6) is 3.16. The first-order valence-corrected chi connectivity index (χ1v) is 10.6. The highest BCUT2D eigenvalue weighted by atomic mass is 16.5. The van der Waals surface area contributed by atoms with Gasteiger partial charge in [-0.3, -0.25) is 4.90 Å². The van der Waals surface area contributed by atoms with E-state index >= 15 is 0 Å². The zero-order valence-corrected chi connectivity index (χ0v) is 18.4. The quantitative estimate of drug-likeness (QED) is 0.559. The number of ether oxygens (including phenoxy) is 1. The summed E-state index contributed by atoms with van der Waals surface area (Å²) in [6.07, 6.45) is 3.83. The molecular weight excluding hydrogens is 318 g/mol. The van der Waals surface area contributed by atoms with Gasteiger partial charge in [0, 0.05) is 18.6 Å². The Kier molecular flexibility index (Phi) is 7.19.